The molecule has 9 nitrogen and oxygen atoms in total. The van der Waals surface area contributed by atoms with E-state index < -0.39 is 42.5 Å². The smallest absolute Gasteiger partial charge is 0.326 e. The molecule has 3 unspecified atom stereocenters. The van der Waals surface area contributed by atoms with E-state index in [-0.39, 0.29) is 0 Å². The number of likely N-dealkylation sites (tertiary alicyclic amines) is 1. The molecule has 23 heavy (non-hydrogen) atoms. The van der Waals surface area contributed by atoms with Crippen molar-refractivity contribution in [2.24, 2.45) is 11.5 Å². The molecule has 2 amide bonds. The molecule has 0 aromatic rings. The molecule has 1 heterocycles. The van der Waals surface area contributed by atoms with Gasteiger partial charge in [-0.3, -0.25) is 9.59 Å². The van der Waals surface area contributed by atoms with Gasteiger partial charge in [0.05, 0.1) is 12.6 Å². The summed E-state index contributed by atoms with van der Waals surface area (Å²) in [5.41, 5.74) is 11.1. The van der Waals surface area contributed by atoms with Gasteiger partial charge >= 0.3 is 5.97 Å². The van der Waals surface area contributed by atoms with Crippen LogP contribution in [-0.2, 0) is 14.4 Å². The van der Waals surface area contributed by atoms with Crippen LogP contribution in [0.15, 0.2) is 0 Å². The second-order valence-electron chi connectivity index (χ2n) is 5.66. The Morgan fingerprint density at radius 1 is 1.30 bits per heavy atom. The molecule has 0 bridgehead atoms. The number of carbonyl (C=O) groups excluding carboxylic acids is 2. The molecular weight excluding hydrogens is 304 g/mol. The summed E-state index contributed by atoms with van der Waals surface area (Å²) in [6, 6.07) is -2.88. The summed E-state index contributed by atoms with van der Waals surface area (Å²) in [6.07, 6.45) is 2.81. The molecule has 0 aromatic heterocycles. The van der Waals surface area contributed by atoms with Crippen LogP contribution < -0.4 is 16.8 Å². The third-order valence-electron chi connectivity index (χ3n) is 3.92. The molecular formula is C14H26N4O5. The highest BCUT2D eigenvalue weighted by molar-refractivity contribution is 5.92. The number of aliphatic hydroxyl groups is 1. The highest BCUT2D eigenvalue weighted by Gasteiger charge is 2.37. The number of rotatable bonds is 9. The van der Waals surface area contributed by atoms with Gasteiger partial charge in [-0.05, 0) is 32.2 Å². The highest BCUT2D eigenvalue weighted by Crippen LogP contribution is 2.18. The highest BCUT2D eigenvalue weighted by atomic mass is 16.4. The number of nitrogens with zero attached hydrogens (tertiary/aromatic N) is 1. The summed E-state index contributed by atoms with van der Waals surface area (Å²) < 4.78 is 0. The first-order chi connectivity index (χ1) is 10.9. The van der Waals surface area contributed by atoms with E-state index in [0.29, 0.717) is 38.8 Å². The number of carboxylic acids is 1. The molecule has 1 rings (SSSR count). The molecule has 1 aliphatic rings. The zero-order chi connectivity index (χ0) is 17.4. The molecule has 132 valence electrons. The van der Waals surface area contributed by atoms with Gasteiger partial charge in [-0.15, -0.1) is 0 Å². The second-order valence-corrected chi connectivity index (χ2v) is 5.66. The second kappa shape index (κ2) is 9.43. The lowest BCUT2D eigenvalue weighted by Gasteiger charge is -2.27. The van der Waals surface area contributed by atoms with E-state index in [2.05, 4.69) is 5.32 Å². The fourth-order valence-electron chi connectivity index (χ4n) is 2.59. The van der Waals surface area contributed by atoms with Gasteiger partial charge < -0.3 is 31.9 Å². The van der Waals surface area contributed by atoms with Crippen LogP contribution >= 0.6 is 0 Å². The third kappa shape index (κ3) is 5.45. The SMILES string of the molecule is NCCCCC(N)C(=O)NC(CO)C(=O)N1CCCC1C(=O)O. The van der Waals surface area contributed by atoms with Crippen LogP contribution in [0.5, 0.6) is 0 Å². The van der Waals surface area contributed by atoms with Crippen LogP contribution in [-0.4, -0.2) is 70.7 Å². The first kappa shape index (κ1) is 19.3. The van der Waals surface area contributed by atoms with E-state index in [1.807, 2.05) is 0 Å². The lowest BCUT2D eigenvalue weighted by molar-refractivity contribution is -0.149. The molecule has 0 aromatic carbocycles. The minimum absolute atomic E-state index is 0.296. The normalized spacial score (nSPS) is 20.1. The summed E-state index contributed by atoms with van der Waals surface area (Å²) in [5, 5.41) is 20.9. The fourth-order valence-corrected chi connectivity index (χ4v) is 2.59. The van der Waals surface area contributed by atoms with Crippen molar-refractivity contribution < 1.29 is 24.6 Å². The molecule has 9 heteroatoms. The van der Waals surface area contributed by atoms with Crippen molar-refractivity contribution in [3.8, 4) is 0 Å². The minimum atomic E-state index is -1.18. The Bertz CT molecular complexity index is 431. The summed E-state index contributed by atoms with van der Waals surface area (Å²) >= 11 is 0. The van der Waals surface area contributed by atoms with Gasteiger partial charge in [0.25, 0.3) is 0 Å². The summed E-state index contributed by atoms with van der Waals surface area (Å²) in [5.74, 6) is -2.22. The molecule has 1 saturated heterocycles. The number of aliphatic hydroxyl groups excluding tert-OH is 1. The topological polar surface area (TPSA) is 159 Å². The number of hydrogen-bond donors (Lipinski definition) is 5. The summed E-state index contributed by atoms with van der Waals surface area (Å²) in [4.78, 5) is 36.6. The van der Waals surface area contributed by atoms with Crippen LogP contribution in [0.25, 0.3) is 0 Å². The number of amides is 2. The van der Waals surface area contributed by atoms with Crippen molar-refractivity contribution in [2.75, 3.05) is 19.7 Å². The average Bonchev–Trinajstić information content (AvgIpc) is 3.01. The minimum Gasteiger partial charge on any atom is -0.480 e. The van der Waals surface area contributed by atoms with E-state index in [1.54, 1.807) is 0 Å². The van der Waals surface area contributed by atoms with Crippen molar-refractivity contribution in [1.82, 2.24) is 10.2 Å². The zero-order valence-electron chi connectivity index (χ0n) is 13.1. The van der Waals surface area contributed by atoms with Gasteiger partial charge in [0.15, 0.2) is 0 Å². The van der Waals surface area contributed by atoms with E-state index in [0.717, 1.165) is 6.42 Å². The Morgan fingerprint density at radius 2 is 2.00 bits per heavy atom. The molecule has 1 fully saturated rings. The van der Waals surface area contributed by atoms with Crippen molar-refractivity contribution in [3.05, 3.63) is 0 Å². The number of nitrogens with two attached hydrogens (primary N) is 2. The van der Waals surface area contributed by atoms with Crippen LogP contribution in [0, 0.1) is 0 Å². The van der Waals surface area contributed by atoms with Crippen LogP contribution in [0.2, 0.25) is 0 Å². The van der Waals surface area contributed by atoms with E-state index in [1.165, 1.54) is 4.90 Å². The van der Waals surface area contributed by atoms with Gasteiger partial charge in [0, 0.05) is 6.54 Å². The summed E-state index contributed by atoms with van der Waals surface area (Å²) in [6.45, 7) is 0.200. The zero-order valence-corrected chi connectivity index (χ0v) is 13.1. The molecule has 0 aliphatic carbocycles. The molecule has 0 spiro atoms. The third-order valence-corrected chi connectivity index (χ3v) is 3.92. The number of hydrogen-bond acceptors (Lipinski definition) is 6. The molecule has 0 radical (unpaired) electrons. The van der Waals surface area contributed by atoms with Crippen molar-refractivity contribution >= 4 is 17.8 Å². The van der Waals surface area contributed by atoms with Gasteiger partial charge in [-0.2, -0.15) is 0 Å². The van der Waals surface area contributed by atoms with Gasteiger partial charge in [0.1, 0.15) is 12.1 Å². The van der Waals surface area contributed by atoms with Crippen molar-refractivity contribution in [1.29, 1.82) is 0 Å². The average molecular weight is 330 g/mol. The maximum Gasteiger partial charge on any atom is 0.326 e. The molecule has 0 saturated carbocycles. The number of carboxylic acid groups (broad SMARTS) is 1. The fraction of sp³-hybridized carbons (Fsp3) is 0.786. The molecule has 3 atom stereocenters. The summed E-state index contributed by atoms with van der Waals surface area (Å²) in [7, 11) is 0. The van der Waals surface area contributed by atoms with Crippen LogP contribution in [0.1, 0.15) is 32.1 Å². The van der Waals surface area contributed by atoms with E-state index >= 15 is 0 Å². The predicted molar refractivity (Wildman–Crippen MR) is 82.3 cm³/mol. The van der Waals surface area contributed by atoms with E-state index in [9.17, 15) is 19.5 Å². The quantitative estimate of drug-likeness (QED) is 0.306. The van der Waals surface area contributed by atoms with E-state index in [4.69, 9.17) is 16.6 Å². The number of unbranched alkanes of at least 4 members (excludes halogenated alkanes) is 1. The first-order valence-corrected chi connectivity index (χ1v) is 7.82. The largest absolute Gasteiger partial charge is 0.480 e. The van der Waals surface area contributed by atoms with Gasteiger partial charge in [-0.1, -0.05) is 6.42 Å². The van der Waals surface area contributed by atoms with Gasteiger partial charge in [0.2, 0.25) is 11.8 Å². The Labute approximate surface area is 135 Å². The maximum absolute atomic E-state index is 12.3. The Kier molecular flexibility index (Phi) is 7.93. The molecule has 7 N–H and O–H groups in total. The Balaban J connectivity index is 2.60. The molecule has 1 aliphatic heterocycles. The predicted octanol–water partition coefficient (Wildman–Crippen LogP) is -2.00. The van der Waals surface area contributed by atoms with Gasteiger partial charge in [-0.25, -0.2) is 4.79 Å². The van der Waals surface area contributed by atoms with Crippen LogP contribution in [0.4, 0.5) is 0 Å². The Morgan fingerprint density at radius 3 is 2.57 bits per heavy atom. The lowest BCUT2D eigenvalue weighted by Crippen LogP contribution is -2.55. The van der Waals surface area contributed by atoms with Crippen molar-refractivity contribution in [3.63, 3.8) is 0 Å². The number of aliphatic carboxylic acids is 1. The number of carbonyl (C=O) groups is 3. The monoisotopic (exact) mass is 330 g/mol. The standard InChI is InChI=1S/C14H26N4O5/c15-6-2-1-4-9(16)12(20)17-10(8-19)13(21)18-7-3-5-11(18)14(22)23/h9-11,19H,1-8,15-16H2,(H,17,20)(H,22,23). The lowest BCUT2D eigenvalue weighted by atomic mass is 10.1. The number of nitrogens with one attached hydrogen (secondary N) is 1. The van der Waals surface area contributed by atoms with Crippen LogP contribution in [0.3, 0.4) is 0 Å². The van der Waals surface area contributed by atoms with Crippen molar-refractivity contribution in [2.45, 2.75) is 50.2 Å². The maximum atomic E-state index is 12.3. The first-order valence-electron chi connectivity index (χ1n) is 7.82. The Hall–Kier alpha value is -1.71.